The highest BCUT2D eigenvalue weighted by atomic mass is 35.5. The van der Waals surface area contributed by atoms with Crippen LogP contribution in [-0.4, -0.2) is 59.5 Å². The Hall–Kier alpha value is -1.34. The summed E-state index contributed by atoms with van der Waals surface area (Å²) in [5.41, 5.74) is -0.318. The first-order valence-corrected chi connectivity index (χ1v) is 9.71. The molecule has 0 saturated carbocycles. The lowest BCUT2D eigenvalue weighted by atomic mass is 10.2. The topological polar surface area (TPSA) is 45.7 Å². The first-order chi connectivity index (χ1) is 12.3. The van der Waals surface area contributed by atoms with Crippen LogP contribution in [-0.2, 0) is 9.53 Å². The number of ether oxygens (including phenoxy) is 1. The molecule has 1 saturated heterocycles. The molecule has 1 fully saturated rings. The van der Waals surface area contributed by atoms with Crippen LogP contribution in [0.2, 0.25) is 5.15 Å². The summed E-state index contributed by atoms with van der Waals surface area (Å²) in [5, 5.41) is 2.80. The molecule has 3 rings (SSSR count). The van der Waals surface area contributed by atoms with E-state index in [0.29, 0.717) is 11.6 Å². The molecule has 26 heavy (non-hydrogen) atoms. The van der Waals surface area contributed by atoms with Crippen LogP contribution in [0.4, 0.5) is 0 Å². The minimum atomic E-state index is -0.318. The second kappa shape index (κ2) is 9.55. The van der Waals surface area contributed by atoms with Gasteiger partial charge in [-0.15, -0.1) is 0 Å². The number of carbonyl (C=O) groups is 1. The second-order valence-corrected chi connectivity index (χ2v) is 8.60. The molecule has 0 radical (unpaired) electrons. The standard InChI is InChI=1S/C14H16ClN3S.C5H10O2/c1-17-7-9-18(10-8-17)19-13-4-2-3-12-11(13)5-6-16-14(12)15;1-5(2,3)7-4-6/h2-6H,7-10H2,1H3;4H,1-3H3. The van der Waals surface area contributed by atoms with Crippen molar-refractivity contribution in [2.24, 2.45) is 0 Å². The zero-order chi connectivity index (χ0) is 19.2. The molecule has 0 unspecified atom stereocenters. The Labute approximate surface area is 164 Å². The minimum Gasteiger partial charge on any atom is -0.462 e. The molecule has 7 heteroatoms. The third-order valence-electron chi connectivity index (χ3n) is 3.81. The molecule has 0 atom stereocenters. The van der Waals surface area contributed by atoms with Gasteiger partial charge in [-0.1, -0.05) is 23.7 Å². The monoisotopic (exact) mass is 395 g/mol. The number of benzene rings is 1. The van der Waals surface area contributed by atoms with Crippen molar-refractivity contribution in [3.05, 3.63) is 35.6 Å². The lowest BCUT2D eigenvalue weighted by Crippen LogP contribution is -2.40. The molecule has 0 N–H and O–H groups in total. The molecule has 1 aliphatic rings. The van der Waals surface area contributed by atoms with E-state index in [9.17, 15) is 4.79 Å². The maximum Gasteiger partial charge on any atom is 0.293 e. The van der Waals surface area contributed by atoms with Crippen molar-refractivity contribution in [2.45, 2.75) is 31.3 Å². The Bertz CT molecular complexity index is 728. The Morgan fingerprint density at radius 2 is 1.85 bits per heavy atom. The fraction of sp³-hybridized carbons (Fsp3) is 0.474. The van der Waals surface area contributed by atoms with E-state index in [2.05, 4.69) is 32.0 Å². The van der Waals surface area contributed by atoms with Gasteiger partial charge in [0.25, 0.3) is 6.47 Å². The molecule has 1 aliphatic heterocycles. The number of rotatable bonds is 3. The van der Waals surface area contributed by atoms with Crippen molar-refractivity contribution < 1.29 is 9.53 Å². The third-order valence-corrected chi connectivity index (χ3v) is 5.29. The number of piperazine rings is 1. The molecule has 0 amide bonds. The van der Waals surface area contributed by atoms with Crippen molar-refractivity contribution >= 4 is 40.8 Å². The summed E-state index contributed by atoms with van der Waals surface area (Å²) < 4.78 is 6.97. The molecule has 1 aromatic heterocycles. The molecular weight excluding hydrogens is 370 g/mol. The lowest BCUT2D eigenvalue weighted by Gasteiger charge is -2.31. The summed E-state index contributed by atoms with van der Waals surface area (Å²) in [4.78, 5) is 17.4. The van der Waals surface area contributed by atoms with Gasteiger partial charge in [0, 0.05) is 48.0 Å². The number of likely N-dealkylation sites (N-methyl/N-ethyl adjacent to an activating group) is 1. The van der Waals surface area contributed by atoms with Gasteiger partial charge in [0.1, 0.15) is 10.8 Å². The summed E-state index contributed by atoms with van der Waals surface area (Å²) in [6.07, 6.45) is 1.78. The van der Waals surface area contributed by atoms with Crippen LogP contribution < -0.4 is 0 Å². The average molecular weight is 396 g/mol. The predicted molar refractivity (Wildman–Crippen MR) is 109 cm³/mol. The number of hydrogen-bond acceptors (Lipinski definition) is 6. The summed E-state index contributed by atoms with van der Waals surface area (Å²) in [6, 6.07) is 8.27. The molecule has 0 bridgehead atoms. The number of fused-ring (bicyclic) bond motifs is 1. The van der Waals surface area contributed by atoms with Gasteiger partial charge in [0.15, 0.2) is 0 Å². The zero-order valence-electron chi connectivity index (χ0n) is 15.7. The number of halogens is 1. The van der Waals surface area contributed by atoms with Crippen LogP contribution in [0.15, 0.2) is 35.4 Å². The number of nitrogens with zero attached hydrogens (tertiary/aromatic N) is 3. The summed E-state index contributed by atoms with van der Waals surface area (Å²) in [6.45, 7) is 10.4. The van der Waals surface area contributed by atoms with Crippen molar-refractivity contribution in [3.8, 4) is 0 Å². The number of carbonyl (C=O) groups excluding carboxylic acids is 1. The van der Waals surface area contributed by atoms with Gasteiger partial charge in [0.2, 0.25) is 0 Å². The Morgan fingerprint density at radius 1 is 1.15 bits per heavy atom. The molecule has 5 nitrogen and oxygen atoms in total. The fourth-order valence-corrected chi connectivity index (χ4v) is 3.65. The van der Waals surface area contributed by atoms with E-state index in [1.807, 2.05) is 50.9 Å². The Kier molecular flexibility index (Phi) is 7.70. The lowest BCUT2D eigenvalue weighted by molar-refractivity contribution is -0.138. The van der Waals surface area contributed by atoms with Crippen LogP contribution in [0.25, 0.3) is 10.8 Å². The predicted octanol–water partition coefficient (Wildman–Crippen LogP) is 4.10. The third kappa shape index (κ3) is 6.43. The molecule has 0 spiro atoms. The number of pyridine rings is 1. The highest BCUT2D eigenvalue weighted by Gasteiger charge is 2.16. The van der Waals surface area contributed by atoms with Gasteiger partial charge in [-0.25, -0.2) is 9.29 Å². The van der Waals surface area contributed by atoms with Crippen LogP contribution in [0, 0.1) is 0 Å². The molecule has 2 heterocycles. The van der Waals surface area contributed by atoms with E-state index in [-0.39, 0.29) is 5.60 Å². The molecule has 142 valence electrons. The van der Waals surface area contributed by atoms with Gasteiger partial charge in [-0.3, -0.25) is 4.79 Å². The van der Waals surface area contributed by atoms with Gasteiger partial charge >= 0.3 is 0 Å². The Morgan fingerprint density at radius 3 is 2.42 bits per heavy atom. The maximum absolute atomic E-state index is 9.60. The van der Waals surface area contributed by atoms with E-state index in [1.54, 1.807) is 6.20 Å². The van der Waals surface area contributed by atoms with Gasteiger partial charge < -0.3 is 9.64 Å². The van der Waals surface area contributed by atoms with E-state index in [0.717, 1.165) is 31.6 Å². The van der Waals surface area contributed by atoms with Crippen molar-refractivity contribution in [3.63, 3.8) is 0 Å². The first-order valence-electron chi connectivity index (χ1n) is 8.56. The SMILES string of the molecule is CC(C)(C)OC=O.CN1CCN(Sc2cccc3c(Cl)nccc23)CC1. The molecule has 1 aromatic carbocycles. The fourth-order valence-electron chi connectivity index (χ4n) is 2.39. The normalized spacial score (nSPS) is 16.0. The zero-order valence-corrected chi connectivity index (χ0v) is 17.3. The quantitative estimate of drug-likeness (QED) is 0.443. The molecular formula is C19H26ClN3O2S. The average Bonchev–Trinajstić information content (AvgIpc) is 2.57. The second-order valence-electron chi connectivity index (χ2n) is 7.10. The Balaban J connectivity index is 0.000000298. The summed E-state index contributed by atoms with van der Waals surface area (Å²) in [7, 11) is 2.17. The van der Waals surface area contributed by atoms with E-state index in [4.69, 9.17) is 11.6 Å². The summed E-state index contributed by atoms with van der Waals surface area (Å²) >= 11 is 7.98. The highest BCUT2D eigenvalue weighted by molar-refractivity contribution is 7.97. The van der Waals surface area contributed by atoms with E-state index < -0.39 is 0 Å². The number of hydrogen-bond donors (Lipinski definition) is 0. The maximum atomic E-state index is 9.60. The minimum absolute atomic E-state index is 0.318. The first kappa shape index (κ1) is 21.0. The number of aromatic nitrogens is 1. The van der Waals surface area contributed by atoms with Crippen LogP contribution >= 0.6 is 23.5 Å². The summed E-state index contributed by atoms with van der Waals surface area (Å²) in [5.74, 6) is 0. The smallest absolute Gasteiger partial charge is 0.293 e. The van der Waals surface area contributed by atoms with Crippen LogP contribution in [0.1, 0.15) is 20.8 Å². The van der Waals surface area contributed by atoms with Crippen molar-refractivity contribution in [2.75, 3.05) is 33.2 Å². The van der Waals surface area contributed by atoms with Crippen LogP contribution in [0.3, 0.4) is 0 Å². The van der Waals surface area contributed by atoms with Crippen molar-refractivity contribution in [1.82, 2.24) is 14.2 Å². The van der Waals surface area contributed by atoms with E-state index >= 15 is 0 Å². The van der Waals surface area contributed by atoms with Crippen molar-refractivity contribution in [1.29, 1.82) is 0 Å². The van der Waals surface area contributed by atoms with Gasteiger partial charge in [-0.2, -0.15) is 0 Å². The van der Waals surface area contributed by atoms with Gasteiger partial charge in [0.05, 0.1) is 0 Å². The molecule has 0 aliphatic carbocycles. The highest BCUT2D eigenvalue weighted by Crippen LogP contribution is 2.32. The van der Waals surface area contributed by atoms with Gasteiger partial charge in [-0.05, 0) is 51.9 Å². The van der Waals surface area contributed by atoms with E-state index in [1.165, 1.54) is 10.3 Å². The largest absolute Gasteiger partial charge is 0.462 e. The van der Waals surface area contributed by atoms with Crippen LogP contribution in [0.5, 0.6) is 0 Å². The molecule has 2 aromatic rings.